The number of likely N-dealkylation sites (N-methyl/N-ethyl adjacent to an activating group) is 2. The highest BCUT2D eigenvalue weighted by molar-refractivity contribution is 7.98. The molecule has 0 aliphatic carbocycles. The lowest BCUT2D eigenvalue weighted by molar-refractivity contribution is -0.862. The van der Waals surface area contributed by atoms with Crippen LogP contribution >= 0.6 is 11.8 Å². The van der Waals surface area contributed by atoms with Gasteiger partial charge in [0.05, 0.1) is 18.8 Å². The van der Waals surface area contributed by atoms with Gasteiger partial charge in [-0.1, -0.05) is 42.5 Å². The molecule has 0 spiro atoms. The van der Waals surface area contributed by atoms with E-state index in [0.717, 1.165) is 21.0 Å². The molecule has 6 heteroatoms. The van der Waals surface area contributed by atoms with Crippen molar-refractivity contribution in [2.75, 3.05) is 38.8 Å². The Hall–Kier alpha value is -2.31. The monoisotopic (exact) mass is 386 g/mol. The quantitative estimate of drug-likeness (QED) is 0.683. The summed E-state index contributed by atoms with van der Waals surface area (Å²) in [6, 6.07) is 17.6. The van der Waals surface area contributed by atoms with Crippen molar-refractivity contribution < 1.29 is 14.5 Å². The fourth-order valence-corrected chi connectivity index (χ4v) is 3.39. The summed E-state index contributed by atoms with van der Waals surface area (Å²) < 4.78 is 0. The Balaban J connectivity index is 1.87. The lowest BCUT2D eigenvalue weighted by atomic mass is 10.1. The predicted molar refractivity (Wildman–Crippen MR) is 111 cm³/mol. The SMILES string of the molecule is CSc1ccccc1NC(=O)C[NH+](C)CC(=O)N(C)[C@@H](C)c1ccccc1. The molecule has 0 aliphatic rings. The Labute approximate surface area is 165 Å². The maximum absolute atomic E-state index is 12.6. The Morgan fingerprint density at radius 1 is 1.07 bits per heavy atom. The third kappa shape index (κ3) is 6.12. The normalized spacial score (nSPS) is 12.9. The number of carbonyl (C=O) groups excluding carboxylic acids is 2. The average molecular weight is 387 g/mol. The molecular formula is C21H28N3O2S+. The molecule has 2 aromatic rings. The van der Waals surface area contributed by atoms with Gasteiger partial charge in [-0.15, -0.1) is 11.8 Å². The van der Waals surface area contributed by atoms with Gasteiger partial charge >= 0.3 is 0 Å². The number of rotatable bonds is 8. The Morgan fingerprint density at radius 2 is 1.70 bits per heavy atom. The number of anilines is 1. The van der Waals surface area contributed by atoms with Crippen LogP contribution in [0.1, 0.15) is 18.5 Å². The van der Waals surface area contributed by atoms with Crippen LogP contribution in [0.2, 0.25) is 0 Å². The molecule has 2 amide bonds. The highest BCUT2D eigenvalue weighted by Gasteiger charge is 2.21. The van der Waals surface area contributed by atoms with Crippen molar-refractivity contribution in [1.82, 2.24) is 4.90 Å². The Morgan fingerprint density at radius 3 is 2.37 bits per heavy atom. The zero-order chi connectivity index (χ0) is 19.8. The number of amides is 2. The van der Waals surface area contributed by atoms with Crippen molar-refractivity contribution in [3.8, 4) is 0 Å². The minimum Gasteiger partial charge on any atom is -0.334 e. The van der Waals surface area contributed by atoms with Gasteiger partial charge in [-0.3, -0.25) is 9.59 Å². The number of hydrogen-bond acceptors (Lipinski definition) is 3. The zero-order valence-electron chi connectivity index (χ0n) is 16.4. The van der Waals surface area contributed by atoms with Gasteiger partial charge in [-0.05, 0) is 30.9 Å². The molecule has 2 atom stereocenters. The summed E-state index contributed by atoms with van der Waals surface area (Å²) in [5.41, 5.74) is 1.90. The molecule has 0 radical (unpaired) electrons. The van der Waals surface area contributed by atoms with Crippen LogP contribution < -0.4 is 10.2 Å². The van der Waals surface area contributed by atoms with Crippen molar-refractivity contribution >= 4 is 29.3 Å². The van der Waals surface area contributed by atoms with Crippen LogP contribution in [0.5, 0.6) is 0 Å². The van der Waals surface area contributed by atoms with Crippen molar-refractivity contribution in [1.29, 1.82) is 0 Å². The Kier molecular flexibility index (Phi) is 7.88. The van der Waals surface area contributed by atoms with E-state index in [4.69, 9.17) is 0 Å². The maximum atomic E-state index is 12.6. The van der Waals surface area contributed by atoms with Gasteiger partial charge in [0.15, 0.2) is 13.1 Å². The van der Waals surface area contributed by atoms with E-state index in [1.165, 1.54) is 0 Å². The molecule has 0 aliphatic heterocycles. The minimum absolute atomic E-state index is 0.00576. The van der Waals surface area contributed by atoms with Gasteiger partial charge in [0, 0.05) is 11.9 Å². The maximum Gasteiger partial charge on any atom is 0.279 e. The van der Waals surface area contributed by atoms with Gasteiger partial charge < -0.3 is 15.1 Å². The van der Waals surface area contributed by atoms with Crippen molar-refractivity contribution in [3.63, 3.8) is 0 Å². The number of quaternary nitrogens is 1. The second-order valence-corrected chi connectivity index (χ2v) is 7.50. The molecule has 0 saturated heterocycles. The summed E-state index contributed by atoms with van der Waals surface area (Å²) in [4.78, 5) is 28.5. The van der Waals surface area contributed by atoms with Crippen LogP contribution in [0.3, 0.4) is 0 Å². The molecular weight excluding hydrogens is 358 g/mol. The lowest BCUT2D eigenvalue weighted by Crippen LogP contribution is -3.11. The first-order valence-corrected chi connectivity index (χ1v) is 10.2. The summed E-state index contributed by atoms with van der Waals surface area (Å²) in [5, 5.41) is 2.94. The zero-order valence-corrected chi connectivity index (χ0v) is 17.2. The van der Waals surface area contributed by atoms with Crippen molar-refractivity contribution in [2.24, 2.45) is 0 Å². The number of nitrogens with one attached hydrogen (secondary N) is 2. The van der Waals surface area contributed by atoms with E-state index in [-0.39, 0.29) is 30.9 Å². The van der Waals surface area contributed by atoms with Gasteiger partial charge in [0.25, 0.3) is 11.8 Å². The van der Waals surface area contributed by atoms with Crippen LogP contribution in [0, 0.1) is 0 Å². The number of hydrogen-bond donors (Lipinski definition) is 2. The van der Waals surface area contributed by atoms with E-state index >= 15 is 0 Å². The van der Waals surface area contributed by atoms with E-state index in [1.807, 2.05) is 81.9 Å². The molecule has 1 unspecified atom stereocenters. The van der Waals surface area contributed by atoms with Gasteiger partial charge in [0.1, 0.15) is 0 Å². The molecule has 2 aromatic carbocycles. The van der Waals surface area contributed by atoms with E-state index in [2.05, 4.69) is 5.32 Å². The predicted octanol–water partition coefficient (Wildman–Crippen LogP) is 2.08. The number of nitrogens with zero attached hydrogens (tertiary/aromatic N) is 1. The second kappa shape index (κ2) is 10.1. The fraction of sp³-hybridized carbons (Fsp3) is 0.333. The van der Waals surface area contributed by atoms with E-state index in [1.54, 1.807) is 16.7 Å². The van der Waals surface area contributed by atoms with Gasteiger partial charge in [0.2, 0.25) is 0 Å². The number of para-hydroxylation sites is 1. The second-order valence-electron chi connectivity index (χ2n) is 6.65. The lowest BCUT2D eigenvalue weighted by Gasteiger charge is -2.26. The molecule has 0 aromatic heterocycles. The standard InChI is InChI=1S/C21H27N3O2S/c1-16(17-10-6-5-7-11-17)24(3)21(26)15-23(2)14-20(25)22-18-12-8-9-13-19(18)27-4/h5-13,16H,14-15H2,1-4H3,(H,22,25)/p+1/t16-/m0/s1. The molecule has 144 valence electrons. The number of carbonyl (C=O) groups is 2. The van der Waals surface area contributed by atoms with Crippen molar-refractivity contribution in [3.05, 3.63) is 60.2 Å². The molecule has 0 heterocycles. The van der Waals surface area contributed by atoms with Crippen molar-refractivity contribution in [2.45, 2.75) is 17.9 Å². The summed E-state index contributed by atoms with van der Waals surface area (Å²) >= 11 is 1.59. The molecule has 0 bridgehead atoms. The summed E-state index contributed by atoms with van der Waals surface area (Å²) in [6.07, 6.45) is 1.98. The summed E-state index contributed by atoms with van der Waals surface area (Å²) in [5.74, 6) is -0.0817. The first-order chi connectivity index (χ1) is 12.9. The summed E-state index contributed by atoms with van der Waals surface area (Å²) in [6.45, 7) is 2.52. The van der Waals surface area contributed by atoms with Gasteiger partial charge in [-0.2, -0.15) is 0 Å². The number of benzene rings is 2. The van der Waals surface area contributed by atoms with Crippen LogP contribution in [-0.2, 0) is 9.59 Å². The van der Waals surface area contributed by atoms with Gasteiger partial charge in [-0.25, -0.2) is 0 Å². The summed E-state index contributed by atoms with van der Waals surface area (Å²) in [7, 11) is 3.67. The first kappa shape index (κ1) is 21.0. The van der Waals surface area contributed by atoms with Crippen LogP contribution in [0.25, 0.3) is 0 Å². The van der Waals surface area contributed by atoms with Crippen LogP contribution in [0.15, 0.2) is 59.5 Å². The average Bonchev–Trinajstić information content (AvgIpc) is 2.67. The third-order valence-electron chi connectivity index (χ3n) is 4.55. The van der Waals surface area contributed by atoms with Crippen LogP contribution in [0.4, 0.5) is 5.69 Å². The smallest absolute Gasteiger partial charge is 0.279 e. The molecule has 5 nitrogen and oxygen atoms in total. The molecule has 2 rings (SSSR count). The molecule has 27 heavy (non-hydrogen) atoms. The largest absolute Gasteiger partial charge is 0.334 e. The van der Waals surface area contributed by atoms with E-state index in [0.29, 0.717) is 0 Å². The number of thioether (sulfide) groups is 1. The molecule has 0 fully saturated rings. The topological polar surface area (TPSA) is 53.9 Å². The van der Waals surface area contributed by atoms with Crippen LogP contribution in [-0.4, -0.2) is 50.2 Å². The first-order valence-electron chi connectivity index (χ1n) is 8.97. The minimum atomic E-state index is -0.0967. The molecule has 2 N–H and O–H groups in total. The highest BCUT2D eigenvalue weighted by atomic mass is 32.2. The van der Waals surface area contributed by atoms with E-state index < -0.39 is 0 Å². The van der Waals surface area contributed by atoms with E-state index in [9.17, 15) is 9.59 Å². The highest BCUT2D eigenvalue weighted by Crippen LogP contribution is 2.24. The fourth-order valence-electron chi connectivity index (χ4n) is 2.83. The molecule has 0 saturated carbocycles. The Bertz CT molecular complexity index is 767. The third-order valence-corrected chi connectivity index (χ3v) is 5.35.